The summed E-state index contributed by atoms with van der Waals surface area (Å²) in [7, 11) is 0. The second-order valence-corrected chi connectivity index (χ2v) is 14.1. The van der Waals surface area contributed by atoms with E-state index in [4.69, 9.17) is 4.79 Å². The van der Waals surface area contributed by atoms with Crippen molar-refractivity contribution in [1.29, 1.82) is 0 Å². The number of carbonyl (C=O) groups excluding carboxylic acids is 8. The number of Topliss-reactive ketones (excluding diaryl/α,β-unsaturated/α-hetero) is 2. The van der Waals surface area contributed by atoms with E-state index in [1.54, 1.807) is 6.41 Å². The zero-order valence-corrected chi connectivity index (χ0v) is 43.1. The molecule has 0 fully saturated rings. The summed E-state index contributed by atoms with van der Waals surface area (Å²) in [6.07, 6.45) is 20.0. The predicted molar refractivity (Wildman–Crippen MR) is 226 cm³/mol. The minimum Gasteiger partial charge on any atom is -0.542 e. The van der Waals surface area contributed by atoms with E-state index in [9.17, 15) is 33.6 Å². The van der Waals surface area contributed by atoms with Crippen LogP contribution >= 0.6 is 0 Å². The topological polar surface area (TPSA) is 197 Å². The quantitative estimate of drug-likeness (QED) is 0.0211. The van der Waals surface area contributed by atoms with Gasteiger partial charge in [-0.2, -0.15) is 12.8 Å². The van der Waals surface area contributed by atoms with Gasteiger partial charge < -0.3 is 64.4 Å². The maximum Gasteiger partial charge on any atom is 0.315 e. The van der Waals surface area contributed by atoms with Crippen molar-refractivity contribution >= 4 is 48.9 Å². The van der Waals surface area contributed by atoms with Gasteiger partial charge in [0.2, 0.25) is 0 Å². The number of nitrogens with one attached hydrogen (secondary N) is 5. The molecular formula is C43H79N5O8Y2-4. The Labute approximate surface area is 403 Å². The normalized spacial score (nSPS) is 12.8. The largest absolute Gasteiger partial charge is 0.542 e. The number of ketones is 2. The molecule has 0 saturated heterocycles. The second-order valence-electron chi connectivity index (χ2n) is 14.1. The minimum atomic E-state index is -0.406. The van der Waals surface area contributed by atoms with Gasteiger partial charge in [0, 0.05) is 108 Å². The fraction of sp³-hybridized carbons (Fsp3) is 0.767. The van der Waals surface area contributed by atoms with E-state index in [0.29, 0.717) is 38.5 Å². The van der Waals surface area contributed by atoms with Crippen molar-refractivity contribution in [3.63, 3.8) is 0 Å². The molecule has 58 heavy (non-hydrogen) atoms. The molecule has 0 bridgehead atoms. The standard InChI is InChI=1S/C18H34N3O3.C14H27N2O2.C8H13O2.C3H5O.2Y/c1-5-10-14(3)20-18(24)21-15(4)11-8-7-9-12-17(23)16(6-2)19-13-22;1-4-9-12(2)15-14(18)16-13(3)10-7-5-6-8-11-17;1-3-7(5-6-9)8(10)4-2;1-2-3-4;;/h14-16H,5-12H2,1-4H3,(H,19,22)(H2,20,21,24);12-13H,4-10H2,1-3H3,(H2,15,16,18);6-7H,2-5H2,1H3;3H,1-2H2;;/q4*-1;;. The van der Waals surface area contributed by atoms with Crippen molar-refractivity contribution in [3.05, 3.63) is 13.8 Å². The molecule has 13 nitrogen and oxygen atoms in total. The van der Waals surface area contributed by atoms with Crippen molar-refractivity contribution in [2.45, 2.75) is 208 Å². The molecule has 6 unspecified atom stereocenters. The smallest absolute Gasteiger partial charge is 0.315 e. The van der Waals surface area contributed by atoms with Crippen LogP contribution in [-0.2, 0) is 94.2 Å². The molecule has 0 aliphatic carbocycles. The van der Waals surface area contributed by atoms with E-state index in [-0.39, 0.29) is 119 Å². The summed E-state index contributed by atoms with van der Waals surface area (Å²) in [6, 6.07) is 0.118. The Morgan fingerprint density at radius 3 is 1.36 bits per heavy atom. The van der Waals surface area contributed by atoms with Crippen molar-refractivity contribution in [2.24, 2.45) is 5.92 Å². The van der Waals surface area contributed by atoms with Crippen LogP contribution in [0.4, 0.5) is 9.59 Å². The van der Waals surface area contributed by atoms with Gasteiger partial charge in [-0.15, -0.1) is 12.8 Å². The van der Waals surface area contributed by atoms with Crippen LogP contribution in [-0.4, -0.2) is 79.1 Å². The van der Waals surface area contributed by atoms with Crippen LogP contribution in [0.5, 0.6) is 0 Å². The van der Waals surface area contributed by atoms with E-state index in [1.807, 2.05) is 47.8 Å². The first kappa shape index (κ1) is 68.3. The van der Waals surface area contributed by atoms with Crippen molar-refractivity contribution in [2.75, 3.05) is 0 Å². The molecule has 15 heteroatoms. The average molecular weight is 972 g/mol. The Balaban J connectivity index is -0.000000175. The molecule has 2 radical (unpaired) electrons. The Bertz CT molecular complexity index is 1030. The van der Waals surface area contributed by atoms with E-state index in [1.165, 1.54) is 0 Å². The molecule has 0 rings (SSSR count). The predicted octanol–water partition coefficient (Wildman–Crippen LogP) is 7.54. The average Bonchev–Trinajstić information content (AvgIpc) is 3.15. The number of aldehydes is 2. The third kappa shape index (κ3) is 48.9. The molecule has 6 atom stereocenters. The first-order valence-corrected chi connectivity index (χ1v) is 20.8. The number of carbonyl (C=O) groups is 6. The summed E-state index contributed by atoms with van der Waals surface area (Å²) in [5.41, 5.74) is 0. The van der Waals surface area contributed by atoms with Gasteiger partial charge >= 0.3 is 12.1 Å². The van der Waals surface area contributed by atoms with Crippen molar-refractivity contribution < 1.29 is 104 Å². The van der Waals surface area contributed by atoms with Gasteiger partial charge in [-0.1, -0.05) is 72.6 Å². The van der Waals surface area contributed by atoms with Crippen molar-refractivity contribution in [1.82, 2.24) is 26.6 Å². The van der Waals surface area contributed by atoms with E-state index < -0.39 is 6.04 Å². The third-order valence-electron chi connectivity index (χ3n) is 8.65. The summed E-state index contributed by atoms with van der Waals surface area (Å²) in [6.45, 7) is 22.7. The number of rotatable bonds is 30. The molecule has 0 aromatic carbocycles. The maximum absolute atomic E-state index is 11.9. The molecule has 0 aromatic heterocycles. The van der Waals surface area contributed by atoms with Crippen LogP contribution in [0.25, 0.3) is 0 Å². The number of hydrogen-bond donors (Lipinski definition) is 5. The fourth-order valence-corrected chi connectivity index (χ4v) is 5.39. The summed E-state index contributed by atoms with van der Waals surface area (Å²) in [5.74, 6) is 0.0703. The summed E-state index contributed by atoms with van der Waals surface area (Å²) < 4.78 is 0. The number of unbranched alkanes of at least 4 members (excludes halogenated alkanes) is 5. The first-order chi connectivity index (χ1) is 26.7. The molecule has 0 saturated carbocycles. The van der Waals surface area contributed by atoms with Gasteiger partial charge in [0.05, 0.1) is 12.3 Å². The first-order valence-electron chi connectivity index (χ1n) is 20.8. The van der Waals surface area contributed by atoms with Crippen LogP contribution in [0.3, 0.4) is 0 Å². The maximum atomic E-state index is 11.9. The van der Waals surface area contributed by atoms with Gasteiger partial charge in [-0.25, -0.2) is 9.59 Å². The fourth-order valence-electron chi connectivity index (χ4n) is 5.39. The Kier molecular flexibility index (Phi) is 60.9. The van der Waals surface area contributed by atoms with E-state index in [2.05, 4.69) is 54.3 Å². The molecular weight excluding hydrogens is 892 g/mol. The molecule has 5 N–H and O–H groups in total. The molecule has 0 aliphatic heterocycles. The van der Waals surface area contributed by atoms with E-state index in [0.717, 1.165) is 96.0 Å². The summed E-state index contributed by atoms with van der Waals surface area (Å²) in [4.78, 5) is 85.6. The van der Waals surface area contributed by atoms with Crippen LogP contribution in [0, 0.1) is 19.8 Å². The van der Waals surface area contributed by atoms with Gasteiger partial charge in [-0.05, 0) is 72.6 Å². The van der Waals surface area contributed by atoms with Crippen LogP contribution in [0.15, 0.2) is 0 Å². The SMILES string of the molecule is CCCC(C)NC(=O)NC(C)CCCCCC(=O)C(CC)N[C-]=O.CCCC(C)NC(=O)NC(C)CCCCC[C-]=O.[CH2-]CC(=O)C(CC)CC=O.[CH2-]CC=O.[Y].[Y]. The van der Waals surface area contributed by atoms with Crippen LogP contribution in [0.2, 0.25) is 0 Å². The number of urea groups is 2. The molecule has 0 spiro atoms. The van der Waals surface area contributed by atoms with Gasteiger partial charge in [-0.3, -0.25) is 11.1 Å². The van der Waals surface area contributed by atoms with Crippen molar-refractivity contribution in [3.8, 4) is 0 Å². The Morgan fingerprint density at radius 2 is 1.03 bits per heavy atom. The molecule has 0 aliphatic rings. The zero-order chi connectivity index (χ0) is 43.6. The minimum absolute atomic E-state index is 0. The number of hydrogen-bond acceptors (Lipinski definition) is 8. The Morgan fingerprint density at radius 1 is 0.603 bits per heavy atom. The monoisotopic (exact) mass is 971 g/mol. The van der Waals surface area contributed by atoms with Crippen LogP contribution < -0.4 is 26.6 Å². The molecule has 0 aromatic rings. The van der Waals surface area contributed by atoms with Gasteiger partial charge in [0.15, 0.2) is 5.78 Å². The molecule has 0 heterocycles. The second kappa shape index (κ2) is 51.7. The van der Waals surface area contributed by atoms with Crippen LogP contribution in [0.1, 0.15) is 177 Å². The molecule has 334 valence electrons. The third-order valence-corrected chi connectivity index (χ3v) is 8.65. The Hall–Kier alpha value is -1.43. The van der Waals surface area contributed by atoms with E-state index >= 15 is 0 Å². The zero-order valence-electron chi connectivity index (χ0n) is 37.4. The number of amides is 5. The molecule has 5 amide bonds. The summed E-state index contributed by atoms with van der Waals surface area (Å²) >= 11 is 0. The van der Waals surface area contributed by atoms with Gasteiger partial charge in [0.1, 0.15) is 12.1 Å². The van der Waals surface area contributed by atoms with Gasteiger partial charge in [0.25, 0.3) is 0 Å². The summed E-state index contributed by atoms with van der Waals surface area (Å²) in [5, 5.41) is 14.2.